The predicted molar refractivity (Wildman–Crippen MR) is 112 cm³/mol. The van der Waals surface area contributed by atoms with Gasteiger partial charge in [-0.2, -0.15) is 0 Å². The lowest BCUT2D eigenvalue weighted by Gasteiger charge is -2.42. The van der Waals surface area contributed by atoms with Crippen molar-refractivity contribution in [1.82, 2.24) is 15.1 Å². The number of fused-ring (bicyclic) bond motifs is 2. The summed E-state index contributed by atoms with van der Waals surface area (Å²) in [6, 6.07) is 8.97. The first kappa shape index (κ1) is 20.2. The van der Waals surface area contributed by atoms with Gasteiger partial charge in [0.1, 0.15) is 0 Å². The zero-order valence-corrected chi connectivity index (χ0v) is 17.7. The van der Waals surface area contributed by atoms with Crippen LogP contribution in [0.3, 0.4) is 0 Å². The maximum Gasteiger partial charge on any atom is 0.320 e. The van der Waals surface area contributed by atoms with Crippen molar-refractivity contribution in [2.24, 2.45) is 0 Å². The molecule has 4 rings (SSSR count). The number of morpholine rings is 1. The number of urea groups is 1. The Balaban J connectivity index is 1.45. The highest BCUT2D eigenvalue weighted by Gasteiger charge is 2.46. The topological polar surface area (TPSA) is 61.9 Å². The van der Waals surface area contributed by atoms with Crippen LogP contribution in [-0.2, 0) is 14.9 Å². The molecule has 1 N–H and O–H groups in total. The number of hydrogen-bond donors (Lipinski definition) is 1. The summed E-state index contributed by atoms with van der Waals surface area (Å²) < 4.78 is 5.37. The fourth-order valence-corrected chi connectivity index (χ4v) is 5.37. The molecule has 3 amide bonds. The van der Waals surface area contributed by atoms with Crippen molar-refractivity contribution < 1.29 is 14.3 Å². The lowest BCUT2D eigenvalue weighted by atomic mass is 9.73. The molecule has 0 bridgehead atoms. The SMILES string of the molecule is CC(C)NC(=O)CC1CC2(CCN(C(=O)N3CCOCC3)CC2)c2ccccc21. The van der Waals surface area contributed by atoms with E-state index in [1.807, 2.05) is 23.6 Å². The summed E-state index contributed by atoms with van der Waals surface area (Å²) in [5.74, 6) is 0.406. The molecule has 1 aliphatic carbocycles. The van der Waals surface area contributed by atoms with Gasteiger partial charge in [0, 0.05) is 38.6 Å². The second kappa shape index (κ2) is 8.34. The molecule has 2 fully saturated rings. The molecule has 0 aromatic heterocycles. The van der Waals surface area contributed by atoms with Crippen molar-refractivity contribution in [3.8, 4) is 0 Å². The molecule has 1 unspecified atom stereocenters. The first-order valence-electron chi connectivity index (χ1n) is 11.0. The van der Waals surface area contributed by atoms with Crippen LogP contribution in [0.15, 0.2) is 24.3 Å². The van der Waals surface area contributed by atoms with Crippen molar-refractivity contribution >= 4 is 11.9 Å². The molecule has 2 heterocycles. The number of likely N-dealkylation sites (tertiary alicyclic amines) is 1. The summed E-state index contributed by atoms with van der Waals surface area (Å²) in [5.41, 5.74) is 2.83. The smallest absolute Gasteiger partial charge is 0.320 e. The zero-order valence-electron chi connectivity index (χ0n) is 17.7. The number of nitrogens with zero attached hydrogens (tertiary/aromatic N) is 2. The van der Waals surface area contributed by atoms with Crippen molar-refractivity contribution in [2.75, 3.05) is 39.4 Å². The third kappa shape index (κ3) is 4.13. The average molecular weight is 400 g/mol. The summed E-state index contributed by atoms with van der Waals surface area (Å²) in [7, 11) is 0. The molecule has 2 aliphatic heterocycles. The molecule has 1 aromatic rings. The number of benzene rings is 1. The normalized spacial score (nSPS) is 23.3. The number of carbonyl (C=O) groups excluding carboxylic acids is 2. The number of rotatable bonds is 3. The van der Waals surface area contributed by atoms with Crippen LogP contribution in [0.4, 0.5) is 4.79 Å². The molecule has 6 heteroatoms. The lowest BCUT2D eigenvalue weighted by molar-refractivity contribution is -0.122. The van der Waals surface area contributed by atoms with Gasteiger partial charge in [-0.1, -0.05) is 24.3 Å². The van der Waals surface area contributed by atoms with E-state index in [-0.39, 0.29) is 29.3 Å². The van der Waals surface area contributed by atoms with Gasteiger partial charge < -0.3 is 19.9 Å². The maximum absolute atomic E-state index is 12.9. The first-order valence-corrected chi connectivity index (χ1v) is 11.0. The molecule has 6 nitrogen and oxygen atoms in total. The molecule has 1 aromatic carbocycles. The summed E-state index contributed by atoms with van der Waals surface area (Å²) in [6.45, 7) is 8.23. The van der Waals surface area contributed by atoms with E-state index in [2.05, 4.69) is 29.6 Å². The minimum absolute atomic E-state index is 0.0984. The van der Waals surface area contributed by atoms with Crippen LogP contribution in [0, 0.1) is 0 Å². The number of carbonyl (C=O) groups is 2. The molecular weight excluding hydrogens is 366 g/mol. The van der Waals surface area contributed by atoms with Gasteiger partial charge in [0.05, 0.1) is 13.2 Å². The van der Waals surface area contributed by atoms with Gasteiger partial charge in [-0.05, 0) is 55.6 Å². The Labute approximate surface area is 173 Å². The lowest BCUT2D eigenvalue weighted by Crippen LogP contribution is -2.52. The van der Waals surface area contributed by atoms with Crippen LogP contribution < -0.4 is 5.32 Å². The average Bonchev–Trinajstić information content (AvgIpc) is 3.01. The summed E-state index contributed by atoms with van der Waals surface area (Å²) in [5, 5.41) is 3.04. The summed E-state index contributed by atoms with van der Waals surface area (Å²) in [6.07, 6.45) is 3.51. The Morgan fingerprint density at radius 1 is 1.10 bits per heavy atom. The maximum atomic E-state index is 12.9. The quantitative estimate of drug-likeness (QED) is 0.850. The molecule has 158 valence electrons. The molecule has 0 saturated carbocycles. The van der Waals surface area contributed by atoms with Crippen LogP contribution in [0.25, 0.3) is 0 Å². The highest BCUT2D eigenvalue weighted by Crippen LogP contribution is 2.52. The third-order valence-corrected chi connectivity index (χ3v) is 6.76. The molecule has 1 spiro atoms. The molecular formula is C23H33N3O3. The fraction of sp³-hybridized carbons (Fsp3) is 0.652. The molecule has 2 saturated heterocycles. The molecule has 3 aliphatic rings. The summed E-state index contributed by atoms with van der Waals surface area (Å²) in [4.78, 5) is 29.2. The highest BCUT2D eigenvalue weighted by molar-refractivity contribution is 5.77. The van der Waals surface area contributed by atoms with Gasteiger partial charge >= 0.3 is 6.03 Å². The summed E-state index contributed by atoms with van der Waals surface area (Å²) >= 11 is 0. The van der Waals surface area contributed by atoms with Gasteiger partial charge in [-0.25, -0.2) is 4.79 Å². The molecule has 29 heavy (non-hydrogen) atoms. The van der Waals surface area contributed by atoms with Crippen molar-refractivity contribution in [1.29, 1.82) is 0 Å². The van der Waals surface area contributed by atoms with Gasteiger partial charge in [0.15, 0.2) is 0 Å². The standard InChI is InChI=1S/C23H33N3O3/c1-17(2)24-21(27)15-18-16-23(20-6-4-3-5-19(18)20)7-9-25(10-8-23)22(28)26-11-13-29-14-12-26/h3-6,17-18H,7-16H2,1-2H3,(H,24,27). The molecule has 1 atom stereocenters. The van der Waals surface area contributed by atoms with Crippen molar-refractivity contribution in [3.63, 3.8) is 0 Å². The van der Waals surface area contributed by atoms with Crippen molar-refractivity contribution in [3.05, 3.63) is 35.4 Å². The zero-order chi connectivity index (χ0) is 20.4. The van der Waals surface area contributed by atoms with Gasteiger partial charge in [0.2, 0.25) is 5.91 Å². The number of ether oxygens (including phenoxy) is 1. The monoisotopic (exact) mass is 399 g/mol. The molecule has 0 radical (unpaired) electrons. The van der Waals surface area contributed by atoms with E-state index in [1.54, 1.807) is 0 Å². The van der Waals surface area contributed by atoms with E-state index < -0.39 is 0 Å². The fourth-order valence-electron chi connectivity index (χ4n) is 5.37. The first-order chi connectivity index (χ1) is 14.0. The second-order valence-corrected chi connectivity index (χ2v) is 9.06. The second-order valence-electron chi connectivity index (χ2n) is 9.06. The largest absolute Gasteiger partial charge is 0.378 e. The highest BCUT2D eigenvalue weighted by atomic mass is 16.5. The van der Waals surface area contributed by atoms with Gasteiger partial charge in [-0.3, -0.25) is 4.79 Å². The van der Waals surface area contributed by atoms with E-state index in [9.17, 15) is 9.59 Å². The van der Waals surface area contributed by atoms with Crippen molar-refractivity contribution in [2.45, 2.75) is 56.9 Å². The Morgan fingerprint density at radius 2 is 1.76 bits per heavy atom. The van der Waals surface area contributed by atoms with E-state index in [1.165, 1.54) is 11.1 Å². The number of hydrogen-bond acceptors (Lipinski definition) is 3. The van der Waals surface area contributed by atoms with Crippen LogP contribution >= 0.6 is 0 Å². The van der Waals surface area contributed by atoms with E-state index in [4.69, 9.17) is 4.74 Å². The van der Waals surface area contributed by atoms with Gasteiger partial charge in [-0.15, -0.1) is 0 Å². The Hall–Kier alpha value is -2.08. The van der Waals surface area contributed by atoms with E-state index in [0.717, 1.165) is 32.4 Å². The van der Waals surface area contributed by atoms with E-state index >= 15 is 0 Å². The van der Waals surface area contributed by atoms with Crippen LogP contribution in [0.5, 0.6) is 0 Å². The minimum atomic E-state index is 0.0984. The number of piperidine rings is 1. The number of nitrogens with one attached hydrogen (secondary N) is 1. The van der Waals surface area contributed by atoms with Gasteiger partial charge in [0.25, 0.3) is 0 Å². The third-order valence-electron chi connectivity index (χ3n) is 6.76. The van der Waals surface area contributed by atoms with Crippen LogP contribution in [-0.4, -0.2) is 67.2 Å². The Morgan fingerprint density at radius 3 is 2.45 bits per heavy atom. The van der Waals surface area contributed by atoms with Crippen LogP contribution in [0.2, 0.25) is 0 Å². The Bertz CT molecular complexity index is 749. The predicted octanol–water partition coefficient (Wildman–Crippen LogP) is 2.87. The Kier molecular flexibility index (Phi) is 5.81. The number of amides is 3. The minimum Gasteiger partial charge on any atom is -0.378 e. The van der Waals surface area contributed by atoms with E-state index in [0.29, 0.717) is 32.7 Å². The van der Waals surface area contributed by atoms with Crippen LogP contribution in [0.1, 0.15) is 56.6 Å².